The summed E-state index contributed by atoms with van der Waals surface area (Å²) in [6, 6.07) is 0. The number of hydrogen-bond donors (Lipinski definition) is 0. The summed E-state index contributed by atoms with van der Waals surface area (Å²) in [6.45, 7) is 0.513. The van der Waals surface area contributed by atoms with Gasteiger partial charge in [0.05, 0.1) is 0 Å². The van der Waals surface area contributed by atoms with E-state index < -0.39 is 0 Å². The molecule has 1 aliphatic heterocycles. The molecule has 1 rings (SSSR count). The molecule has 3 heteroatoms. The van der Waals surface area contributed by atoms with Gasteiger partial charge >= 0.3 is 5.97 Å². The third kappa shape index (κ3) is 2.78. The summed E-state index contributed by atoms with van der Waals surface area (Å²) in [5, 5.41) is 0. The summed E-state index contributed by atoms with van der Waals surface area (Å²) in [6.07, 6.45) is 3.42. The van der Waals surface area contributed by atoms with Gasteiger partial charge < -0.3 is 4.74 Å². The maximum absolute atomic E-state index is 10.2. The van der Waals surface area contributed by atoms with Crippen LogP contribution in [0.25, 0.3) is 0 Å². The summed E-state index contributed by atoms with van der Waals surface area (Å²) in [7, 11) is 0. The first-order valence-electron chi connectivity index (χ1n) is 2.37. The Labute approximate surface area is 73.9 Å². The van der Waals surface area contributed by atoms with Gasteiger partial charge in [0.25, 0.3) is 0 Å². The van der Waals surface area contributed by atoms with Crippen molar-refractivity contribution in [2.45, 2.75) is 12.8 Å². The van der Waals surface area contributed by atoms with Gasteiger partial charge in [-0.15, -0.1) is 0 Å². The SMILES string of the molecule is O=C1CC[CH-]CO1.[Y]. The molecule has 0 unspecified atom stereocenters. The Morgan fingerprint density at radius 1 is 1.62 bits per heavy atom. The van der Waals surface area contributed by atoms with E-state index in [0.717, 1.165) is 6.42 Å². The predicted molar refractivity (Wildman–Crippen MR) is 24.5 cm³/mol. The fourth-order valence-corrected chi connectivity index (χ4v) is 0.527. The Hall–Kier alpha value is 0.574. The molecule has 0 aromatic heterocycles. The van der Waals surface area contributed by atoms with E-state index in [-0.39, 0.29) is 38.7 Å². The van der Waals surface area contributed by atoms with Crippen LogP contribution in [-0.2, 0) is 42.2 Å². The quantitative estimate of drug-likeness (QED) is 0.409. The second kappa shape index (κ2) is 4.45. The van der Waals surface area contributed by atoms with Crippen LogP contribution in [0.15, 0.2) is 0 Å². The van der Waals surface area contributed by atoms with Crippen LogP contribution in [0.4, 0.5) is 0 Å². The average Bonchev–Trinajstić information content (AvgIpc) is 1.69. The van der Waals surface area contributed by atoms with E-state index in [1.165, 1.54) is 0 Å². The molecule has 0 bridgehead atoms. The molecule has 0 aliphatic carbocycles. The van der Waals surface area contributed by atoms with Crippen molar-refractivity contribution in [1.29, 1.82) is 0 Å². The molecule has 0 aromatic rings. The first-order valence-corrected chi connectivity index (χ1v) is 2.37. The zero-order chi connectivity index (χ0) is 5.11. The molecule has 1 fully saturated rings. The first kappa shape index (κ1) is 8.57. The molecule has 1 heterocycles. The van der Waals surface area contributed by atoms with Crippen molar-refractivity contribution in [2.24, 2.45) is 0 Å². The Bertz CT molecular complexity index is 74.5. The molecule has 0 N–H and O–H groups in total. The summed E-state index contributed by atoms with van der Waals surface area (Å²) in [5.41, 5.74) is 0. The minimum atomic E-state index is -0.0671. The third-order valence-corrected chi connectivity index (χ3v) is 0.915. The fraction of sp³-hybridized carbons (Fsp3) is 0.600. The van der Waals surface area contributed by atoms with Crippen LogP contribution in [0.3, 0.4) is 0 Å². The van der Waals surface area contributed by atoms with Crippen molar-refractivity contribution in [3.63, 3.8) is 0 Å². The van der Waals surface area contributed by atoms with E-state index >= 15 is 0 Å². The molecule has 2 nitrogen and oxygen atoms in total. The summed E-state index contributed by atoms with van der Waals surface area (Å²) >= 11 is 0. The van der Waals surface area contributed by atoms with E-state index in [1.54, 1.807) is 0 Å². The van der Waals surface area contributed by atoms with E-state index in [9.17, 15) is 4.79 Å². The van der Waals surface area contributed by atoms with Gasteiger partial charge in [0.2, 0.25) is 0 Å². The molecule has 0 amide bonds. The Balaban J connectivity index is 0.000000490. The molecule has 0 spiro atoms. The van der Waals surface area contributed by atoms with Crippen LogP contribution in [-0.4, -0.2) is 12.6 Å². The molecule has 0 atom stereocenters. The van der Waals surface area contributed by atoms with Gasteiger partial charge in [-0.25, -0.2) is 0 Å². The van der Waals surface area contributed by atoms with Crippen molar-refractivity contribution >= 4 is 5.97 Å². The van der Waals surface area contributed by atoms with Crippen LogP contribution in [0.1, 0.15) is 12.8 Å². The van der Waals surface area contributed by atoms with E-state index in [0.29, 0.717) is 13.0 Å². The maximum atomic E-state index is 10.2. The summed E-state index contributed by atoms with van der Waals surface area (Å²) in [4.78, 5) is 10.2. The largest absolute Gasteiger partial charge is 0.499 e. The Kier molecular flexibility index (Phi) is 4.77. The van der Waals surface area contributed by atoms with Crippen LogP contribution >= 0.6 is 0 Å². The van der Waals surface area contributed by atoms with Crippen LogP contribution in [0.5, 0.6) is 0 Å². The van der Waals surface area contributed by atoms with Crippen LogP contribution < -0.4 is 0 Å². The van der Waals surface area contributed by atoms with E-state index in [1.807, 2.05) is 6.42 Å². The number of ether oxygens (including phenoxy) is 1. The van der Waals surface area contributed by atoms with Crippen molar-refractivity contribution in [3.05, 3.63) is 6.42 Å². The van der Waals surface area contributed by atoms with Crippen molar-refractivity contribution < 1.29 is 42.2 Å². The number of cyclic esters (lactones) is 1. The molecule has 8 heavy (non-hydrogen) atoms. The van der Waals surface area contributed by atoms with Gasteiger partial charge in [0.1, 0.15) is 0 Å². The first-order chi connectivity index (χ1) is 3.39. The van der Waals surface area contributed by atoms with Gasteiger partial charge in [0, 0.05) is 39.1 Å². The van der Waals surface area contributed by atoms with Gasteiger partial charge in [-0.2, -0.15) is 6.42 Å². The summed E-state index contributed by atoms with van der Waals surface area (Å²) < 4.78 is 4.58. The second-order valence-corrected chi connectivity index (χ2v) is 1.51. The number of hydrogen-bond acceptors (Lipinski definition) is 2. The number of carbonyl (C=O) groups excluding carboxylic acids is 1. The monoisotopic (exact) mass is 188 g/mol. The third-order valence-electron chi connectivity index (χ3n) is 0.915. The Morgan fingerprint density at radius 2 is 2.38 bits per heavy atom. The molecule has 1 saturated heterocycles. The van der Waals surface area contributed by atoms with Gasteiger partial charge in [0.15, 0.2) is 0 Å². The molecule has 1 radical (unpaired) electrons. The zero-order valence-electron chi connectivity index (χ0n) is 4.59. The van der Waals surface area contributed by atoms with Crippen molar-refractivity contribution in [3.8, 4) is 0 Å². The molecular weight excluding hydrogens is 181 g/mol. The molecule has 43 valence electrons. The van der Waals surface area contributed by atoms with Crippen LogP contribution in [0.2, 0.25) is 0 Å². The van der Waals surface area contributed by atoms with Crippen molar-refractivity contribution in [2.75, 3.05) is 6.61 Å². The minimum Gasteiger partial charge on any atom is -0.499 e. The number of carbonyl (C=O) groups is 1. The molecule has 0 aromatic carbocycles. The average molecular weight is 188 g/mol. The Morgan fingerprint density at radius 3 is 2.62 bits per heavy atom. The number of rotatable bonds is 0. The standard InChI is InChI=1S/C5H7O2.Y/c6-5-3-1-2-4-7-5;/h2H,1,3-4H2;/q-1;. The predicted octanol–water partition coefficient (Wildman–Crippen LogP) is 0.525. The van der Waals surface area contributed by atoms with Crippen molar-refractivity contribution in [1.82, 2.24) is 0 Å². The van der Waals surface area contributed by atoms with Gasteiger partial charge in [-0.05, 0) is 6.61 Å². The topological polar surface area (TPSA) is 26.3 Å². The number of esters is 1. The normalized spacial score (nSPS) is 18.8. The van der Waals surface area contributed by atoms with Gasteiger partial charge in [-0.1, -0.05) is 0 Å². The zero-order valence-corrected chi connectivity index (χ0v) is 7.43. The molecule has 1 aliphatic rings. The fourth-order valence-electron chi connectivity index (χ4n) is 0.527. The van der Waals surface area contributed by atoms with Gasteiger partial charge in [-0.3, -0.25) is 11.2 Å². The van der Waals surface area contributed by atoms with E-state index in [2.05, 4.69) is 4.74 Å². The molecular formula is C5H7O2Y-. The maximum Gasteiger partial charge on any atom is 0.300 e. The molecule has 0 saturated carbocycles. The smallest absolute Gasteiger partial charge is 0.300 e. The van der Waals surface area contributed by atoms with E-state index in [4.69, 9.17) is 0 Å². The second-order valence-electron chi connectivity index (χ2n) is 1.51. The minimum absolute atomic E-state index is 0. The van der Waals surface area contributed by atoms with Crippen LogP contribution in [0, 0.1) is 6.42 Å². The summed E-state index contributed by atoms with van der Waals surface area (Å²) in [5.74, 6) is -0.0671.